The van der Waals surface area contributed by atoms with E-state index in [9.17, 15) is 8.78 Å². The molecule has 1 aliphatic heterocycles. The summed E-state index contributed by atoms with van der Waals surface area (Å²) in [5.41, 5.74) is 6.48. The van der Waals surface area contributed by atoms with Crippen LogP contribution in [0.4, 0.5) is 8.78 Å². The first-order chi connectivity index (χ1) is 7.72. The van der Waals surface area contributed by atoms with E-state index >= 15 is 0 Å². The number of likely N-dealkylation sites (tertiary alicyclic amines) is 1. The van der Waals surface area contributed by atoms with Gasteiger partial charge in [-0.05, 0) is 43.6 Å². The van der Waals surface area contributed by atoms with Gasteiger partial charge in [-0.25, -0.2) is 8.78 Å². The fourth-order valence-corrected chi connectivity index (χ4v) is 2.27. The maximum Gasteiger partial charge on any atom is 0.159 e. The van der Waals surface area contributed by atoms with Crippen molar-refractivity contribution in [3.8, 4) is 0 Å². The molecule has 1 saturated heterocycles. The number of benzene rings is 1. The number of halogens is 2. The highest BCUT2D eigenvalue weighted by Gasteiger charge is 2.22. The highest BCUT2D eigenvalue weighted by molar-refractivity contribution is 5.22. The summed E-state index contributed by atoms with van der Waals surface area (Å²) in [6.45, 7) is 2.41. The summed E-state index contributed by atoms with van der Waals surface area (Å²) in [5.74, 6) is -1.60. The molecule has 1 aromatic rings. The van der Waals surface area contributed by atoms with Gasteiger partial charge in [-0.15, -0.1) is 0 Å². The van der Waals surface area contributed by atoms with Crippen molar-refractivity contribution in [1.82, 2.24) is 4.90 Å². The van der Waals surface area contributed by atoms with Crippen molar-refractivity contribution in [1.29, 1.82) is 0 Å². The van der Waals surface area contributed by atoms with E-state index in [0.29, 0.717) is 6.54 Å². The normalized spacial score (nSPS) is 18.9. The van der Waals surface area contributed by atoms with Crippen molar-refractivity contribution in [3.05, 3.63) is 35.4 Å². The minimum Gasteiger partial charge on any atom is -0.329 e. The minimum atomic E-state index is -0.805. The summed E-state index contributed by atoms with van der Waals surface area (Å²) < 4.78 is 26.0. The van der Waals surface area contributed by atoms with E-state index < -0.39 is 11.6 Å². The largest absolute Gasteiger partial charge is 0.329 e. The predicted octanol–water partition coefficient (Wildman–Crippen LogP) is 2.06. The molecule has 2 rings (SSSR count). The molecule has 1 atom stereocenters. The maximum atomic E-state index is 13.1. The number of nitrogens with zero attached hydrogens (tertiary/aromatic N) is 1. The van der Waals surface area contributed by atoms with Gasteiger partial charge in [-0.2, -0.15) is 0 Å². The second kappa shape index (κ2) is 4.89. The number of hydrogen-bond acceptors (Lipinski definition) is 2. The maximum absolute atomic E-state index is 13.1. The lowest BCUT2D eigenvalue weighted by Gasteiger charge is -2.26. The molecule has 0 radical (unpaired) electrons. The summed E-state index contributed by atoms with van der Waals surface area (Å²) in [7, 11) is 0. The Balaban J connectivity index is 2.22. The molecule has 0 bridgehead atoms. The minimum absolute atomic E-state index is 0.0117. The van der Waals surface area contributed by atoms with Gasteiger partial charge in [0.15, 0.2) is 11.6 Å². The molecule has 0 aliphatic carbocycles. The third-order valence-electron chi connectivity index (χ3n) is 3.13. The molecular weight excluding hydrogens is 210 g/mol. The van der Waals surface area contributed by atoms with Crippen LogP contribution in [-0.2, 0) is 0 Å². The van der Waals surface area contributed by atoms with E-state index in [1.807, 2.05) is 0 Å². The van der Waals surface area contributed by atoms with Crippen molar-refractivity contribution in [3.63, 3.8) is 0 Å². The Morgan fingerprint density at radius 3 is 2.44 bits per heavy atom. The zero-order chi connectivity index (χ0) is 11.5. The molecule has 0 spiro atoms. The first kappa shape index (κ1) is 11.5. The Kier molecular flexibility index (Phi) is 3.51. The third kappa shape index (κ3) is 2.23. The van der Waals surface area contributed by atoms with Crippen LogP contribution in [-0.4, -0.2) is 24.5 Å². The summed E-state index contributed by atoms with van der Waals surface area (Å²) in [6, 6.07) is 4.06. The zero-order valence-electron chi connectivity index (χ0n) is 9.13. The topological polar surface area (TPSA) is 29.3 Å². The van der Waals surface area contributed by atoms with Crippen LogP contribution in [0.25, 0.3) is 0 Å². The molecule has 0 saturated carbocycles. The number of nitrogens with two attached hydrogens (primary N) is 1. The highest BCUT2D eigenvalue weighted by Crippen LogP contribution is 2.25. The molecular formula is C12H16F2N2. The van der Waals surface area contributed by atoms with Crippen LogP contribution in [0, 0.1) is 11.6 Å². The SMILES string of the molecule is NC[C@@H](c1ccc(F)c(F)c1)N1CCCC1. The first-order valence-corrected chi connectivity index (χ1v) is 5.61. The van der Waals surface area contributed by atoms with E-state index in [4.69, 9.17) is 5.73 Å². The summed E-state index contributed by atoms with van der Waals surface area (Å²) in [6.07, 6.45) is 2.31. The van der Waals surface area contributed by atoms with E-state index in [2.05, 4.69) is 4.90 Å². The van der Waals surface area contributed by atoms with Crippen LogP contribution in [0.3, 0.4) is 0 Å². The highest BCUT2D eigenvalue weighted by atomic mass is 19.2. The lowest BCUT2D eigenvalue weighted by molar-refractivity contribution is 0.250. The average Bonchev–Trinajstić information content (AvgIpc) is 2.78. The molecule has 0 aromatic heterocycles. The van der Waals surface area contributed by atoms with E-state index in [0.717, 1.165) is 31.5 Å². The smallest absolute Gasteiger partial charge is 0.159 e. The van der Waals surface area contributed by atoms with Gasteiger partial charge in [0, 0.05) is 12.6 Å². The standard InChI is InChI=1S/C12H16F2N2/c13-10-4-3-9(7-11(10)14)12(8-15)16-5-1-2-6-16/h3-4,7,12H,1-2,5-6,8,15H2/t12-/m0/s1. The van der Waals surface area contributed by atoms with Gasteiger partial charge in [0.25, 0.3) is 0 Å². The fourth-order valence-electron chi connectivity index (χ4n) is 2.27. The quantitative estimate of drug-likeness (QED) is 0.854. The molecule has 1 aromatic carbocycles. The molecule has 0 unspecified atom stereocenters. The Labute approximate surface area is 94.0 Å². The van der Waals surface area contributed by atoms with Crippen LogP contribution in [0.5, 0.6) is 0 Å². The monoisotopic (exact) mass is 226 g/mol. The third-order valence-corrected chi connectivity index (χ3v) is 3.13. The van der Waals surface area contributed by atoms with Crippen molar-refractivity contribution in [2.45, 2.75) is 18.9 Å². The van der Waals surface area contributed by atoms with E-state index in [1.165, 1.54) is 12.1 Å². The van der Waals surface area contributed by atoms with Gasteiger partial charge in [0.05, 0.1) is 0 Å². The fraction of sp³-hybridized carbons (Fsp3) is 0.500. The molecule has 1 aliphatic rings. The van der Waals surface area contributed by atoms with Gasteiger partial charge >= 0.3 is 0 Å². The van der Waals surface area contributed by atoms with Gasteiger partial charge in [-0.1, -0.05) is 6.07 Å². The van der Waals surface area contributed by atoms with Gasteiger partial charge in [0.1, 0.15) is 0 Å². The van der Waals surface area contributed by atoms with Crippen molar-refractivity contribution >= 4 is 0 Å². The van der Waals surface area contributed by atoms with Gasteiger partial charge in [-0.3, -0.25) is 4.90 Å². The molecule has 2 N–H and O–H groups in total. The zero-order valence-corrected chi connectivity index (χ0v) is 9.13. The number of rotatable bonds is 3. The van der Waals surface area contributed by atoms with Crippen LogP contribution in [0.2, 0.25) is 0 Å². The summed E-state index contributed by atoms with van der Waals surface area (Å²) in [4.78, 5) is 2.23. The molecule has 88 valence electrons. The molecule has 4 heteroatoms. The van der Waals surface area contributed by atoms with Crippen molar-refractivity contribution in [2.24, 2.45) is 5.73 Å². The van der Waals surface area contributed by atoms with Crippen LogP contribution >= 0.6 is 0 Å². The van der Waals surface area contributed by atoms with E-state index in [-0.39, 0.29) is 6.04 Å². The summed E-state index contributed by atoms with van der Waals surface area (Å²) in [5, 5.41) is 0. The van der Waals surface area contributed by atoms with E-state index in [1.54, 1.807) is 6.07 Å². The van der Waals surface area contributed by atoms with Crippen LogP contribution in [0.1, 0.15) is 24.4 Å². The Hall–Kier alpha value is -1.00. The molecule has 0 amide bonds. The molecule has 1 heterocycles. The van der Waals surface area contributed by atoms with Gasteiger partial charge < -0.3 is 5.73 Å². The van der Waals surface area contributed by atoms with Crippen molar-refractivity contribution < 1.29 is 8.78 Å². The Morgan fingerprint density at radius 1 is 1.19 bits per heavy atom. The van der Waals surface area contributed by atoms with Crippen molar-refractivity contribution in [2.75, 3.05) is 19.6 Å². The Morgan fingerprint density at radius 2 is 1.88 bits per heavy atom. The molecule has 2 nitrogen and oxygen atoms in total. The number of hydrogen-bond donors (Lipinski definition) is 1. The summed E-state index contributed by atoms with van der Waals surface area (Å²) >= 11 is 0. The second-order valence-corrected chi connectivity index (χ2v) is 4.17. The average molecular weight is 226 g/mol. The lowest BCUT2D eigenvalue weighted by atomic mass is 10.1. The Bertz CT molecular complexity index is 362. The van der Waals surface area contributed by atoms with Gasteiger partial charge in [0.2, 0.25) is 0 Å². The first-order valence-electron chi connectivity index (χ1n) is 5.61. The van der Waals surface area contributed by atoms with Crippen LogP contribution < -0.4 is 5.73 Å². The molecule has 1 fully saturated rings. The van der Waals surface area contributed by atoms with Crippen LogP contribution in [0.15, 0.2) is 18.2 Å². The predicted molar refractivity (Wildman–Crippen MR) is 59.0 cm³/mol. The second-order valence-electron chi connectivity index (χ2n) is 4.17. The lowest BCUT2D eigenvalue weighted by Crippen LogP contribution is -2.31. The molecule has 16 heavy (non-hydrogen) atoms.